The Morgan fingerprint density at radius 2 is 0.903 bits per heavy atom. The largest absolute Gasteiger partial charge is 0.457 e. The summed E-state index contributed by atoms with van der Waals surface area (Å²) in [4.78, 5) is 0. The molecule has 2 aromatic carbocycles. The molecule has 31 heavy (non-hydrogen) atoms. The van der Waals surface area contributed by atoms with Crippen LogP contribution in [0.3, 0.4) is 0 Å². The summed E-state index contributed by atoms with van der Waals surface area (Å²) in [6, 6.07) is 4.29. The second-order valence-corrected chi connectivity index (χ2v) is 7.46. The number of nitrogen functional groups attached to an aromatic ring is 2. The molecule has 0 saturated heterocycles. The van der Waals surface area contributed by atoms with Gasteiger partial charge in [0.15, 0.2) is 0 Å². The molecule has 0 fully saturated rings. The first-order valence-electron chi connectivity index (χ1n) is 10.3. The molecule has 0 heterocycles. The zero-order valence-corrected chi connectivity index (χ0v) is 18.1. The van der Waals surface area contributed by atoms with Crippen LogP contribution in [0.2, 0.25) is 0 Å². The van der Waals surface area contributed by atoms with E-state index in [1.807, 2.05) is 0 Å². The van der Waals surface area contributed by atoms with Crippen LogP contribution >= 0.6 is 0 Å². The second-order valence-electron chi connectivity index (χ2n) is 7.46. The molecule has 0 bridgehead atoms. The molecule has 0 unspecified atom stereocenters. The fraction of sp³-hybridized carbons (Fsp3) is 0.478. The van der Waals surface area contributed by atoms with E-state index in [1.165, 1.54) is 12.1 Å². The predicted molar refractivity (Wildman–Crippen MR) is 112 cm³/mol. The van der Waals surface area contributed by atoms with Gasteiger partial charge in [0, 0.05) is 22.5 Å². The molecular formula is C23H28F6N2. The van der Waals surface area contributed by atoms with Crippen molar-refractivity contribution in [1.29, 1.82) is 0 Å². The third-order valence-electron chi connectivity index (χ3n) is 5.88. The number of hydrogen-bond acceptors (Lipinski definition) is 2. The highest BCUT2D eigenvalue weighted by Crippen LogP contribution is 2.56. The second kappa shape index (κ2) is 8.63. The van der Waals surface area contributed by atoms with Gasteiger partial charge >= 0.3 is 12.1 Å². The normalized spacial score (nSPS) is 13.0. The maximum absolute atomic E-state index is 16.8. The van der Waals surface area contributed by atoms with Crippen molar-refractivity contribution >= 4 is 11.4 Å². The molecule has 8 heteroatoms. The van der Waals surface area contributed by atoms with Crippen molar-refractivity contribution in [3.8, 4) is 0 Å². The highest BCUT2D eigenvalue weighted by atomic mass is 19.4. The van der Waals surface area contributed by atoms with Crippen LogP contribution in [-0.2, 0) is 31.4 Å². The van der Waals surface area contributed by atoms with Crippen molar-refractivity contribution in [2.75, 3.05) is 11.5 Å². The van der Waals surface area contributed by atoms with E-state index in [-0.39, 0.29) is 48.2 Å². The number of alkyl halides is 6. The van der Waals surface area contributed by atoms with Crippen LogP contribution in [0.5, 0.6) is 0 Å². The summed E-state index contributed by atoms with van der Waals surface area (Å²) in [6.45, 7) is 6.52. The molecule has 2 aromatic rings. The van der Waals surface area contributed by atoms with E-state index < -0.39 is 28.9 Å². The zero-order valence-electron chi connectivity index (χ0n) is 18.1. The highest BCUT2D eigenvalue weighted by Gasteiger charge is 2.73. The minimum Gasteiger partial charge on any atom is -0.398 e. The van der Waals surface area contributed by atoms with Crippen molar-refractivity contribution in [2.45, 2.75) is 71.1 Å². The summed E-state index contributed by atoms with van der Waals surface area (Å²) < 4.78 is 87.9. The molecule has 2 nitrogen and oxygen atoms in total. The Morgan fingerprint density at radius 1 is 0.581 bits per heavy atom. The molecule has 172 valence electrons. The smallest absolute Gasteiger partial charge is 0.398 e. The molecule has 0 aliphatic heterocycles. The lowest BCUT2D eigenvalue weighted by atomic mass is 9.74. The van der Waals surface area contributed by atoms with Crippen LogP contribution in [0, 0.1) is 0 Å². The lowest BCUT2D eigenvalue weighted by Crippen LogP contribution is -2.54. The number of anilines is 2. The van der Waals surface area contributed by atoms with Crippen LogP contribution in [0.25, 0.3) is 0 Å². The molecule has 0 radical (unpaired) electrons. The van der Waals surface area contributed by atoms with E-state index in [9.17, 15) is 13.2 Å². The summed E-state index contributed by atoms with van der Waals surface area (Å²) >= 11 is 0. The predicted octanol–water partition coefficient (Wildman–Crippen LogP) is 6.51. The van der Waals surface area contributed by atoms with E-state index in [1.54, 1.807) is 27.7 Å². The van der Waals surface area contributed by atoms with Gasteiger partial charge in [0.25, 0.3) is 0 Å². The van der Waals surface area contributed by atoms with Crippen LogP contribution in [0.1, 0.15) is 61.1 Å². The van der Waals surface area contributed by atoms with Gasteiger partial charge in [-0.2, -0.15) is 22.0 Å². The minimum absolute atomic E-state index is 0.0419. The number of nitrogens with two attached hydrogens (primary N) is 2. The van der Waals surface area contributed by atoms with Gasteiger partial charge in [-0.3, -0.25) is 0 Å². The molecule has 4 N–H and O–H groups in total. The van der Waals surface area contributed by atoms with Gasteiger partial charge in [-0.25, -0.2) is 4.39 Å². The number of rotatable bonds is 7. The summed E-state index contributed by atoms with van der Waals surface area (Å²) in [5.41, 5.74) is 7.56. The van der Waals surface area contributed by atoms with Gasteiger partial charge < -0.3 is 11.5 Å². The van der Waals surface area contributed by atoms with Gasteiger partial charge in [-0.1, -0.05) is 39.8 Å². The minimum atomic E-state index is -6.13. The lowest BCUT2D eigenvalue weighted by molar-refractivity contribution is -0.323. The molecule has 0 aromatic heterocycles. The Bertz CT molecular complexity index is 889. The van der Waals surface area contributed by atoms with Crippen LogP contribution in [0.4, 0.5) is 37.7 Å². The molecule has 2 rings (SSSR count). The van der Waals surface area contributed by atoms with Crippen molar-refractivity contribution < 1.29 is 26.3 Å². The zero-order chi connectivity index (χ0) is 23.8. The van der Waals surface area contributed by atoms with Gasteiger partial charge in [0.1, 0.15) is 0 Å². The van der Waals surface area contributed by atoms with Gasteiger partial charge in [0.05, 0.1) is 0 Å². The van der Waals surface area contributed by atoms with Crippen LogP contribution in [-0.4, -0.2) is 12.1 Å². The van der Waals surface area contributed by atoms with Crippen molar-refractivity contribution in [2.24, 2.45) is 0 Å². The number of hydrogen-bond donors (Lipinski definition) is 2. The molecule has 0 aliphatic rings. The fourth-order valence-electron chi connectivity index (χ4n) is 4.39. The standard InChI is InChI=1S/C23H28F6N2/c1-5-13-15(7-3)19(30)11-9-17(13)21(24,22(25,26)23(27,28)29)18-10-12-20(31)16(8-4)14(18)6-2/h9-12H,5-8,30-31H2,1-4H3. The maximum Gasteiger partial charge on any atom is 0.457 e. The number of benzene rings is 2. The Morgan fingerprint density at radius 3 is 1.16 bits per heavy atom. The summed E-state index contributed by atoms with van der Waals surface area (Å²) in [6.07, 6.45) is -5.52. The highest BCUT2D eigenvalue weighted by molar-refractivity contribution is 5.62. The average molecular weight is 446 g/mol. The Labute approximate surface area is 178 Å². The molecule has 0 amide bonds. The topological polar surface area (TPSA) is 52.0 Å². The Kier molecular flexibility index (Phi) is 6.93. The van der Waals surface area contributed by atoms with Crippen LogP contribution in [0.15, 0.2) is 24.3 Å². The maximum atomic E-state index is 16.8. The first-order valence-corrected chi connectivity index (χ1v) is 10.3. The fourth-order valence-corrected chi connectivity index (χ4v) is 4.39. The quantitative estimate of drug-likeness (QED) is 0.376. The average Bonchev–Trinajstić information content (AvgIpc) is 2.71. The monoisotopic (exact) mass is 446 g/mol. The Balaban J connectivity index is 3.11. The first kappa shape index (κ1) is 24.9. The van der Waals surface area contributed by atoms with Crippen molar-refractivity contribution in [1.82, 2.24) is 0 Å². The van der Waals surface area contributed by atoms with Gasteiger partial charge in [0.2, 0.25) is 5.67 Å². The Hall–Kier alpha value is -2.38. The van der Waals surface area contributed by atoms with Crippen molar-refractivity contribution in [3.05, 3.63) is 57.6 Å². The van der Waals surface area contributed by atoms with Crippen LogP contribution < -0.4 is 11.5 Å². The van der Waals surface area contributed by atoms with Crippen molar-refractivity contribution in [3.63, 3.8) is 0 Å². The summed E-state index contributed by atoms with van der Waals surface area (Å²) in [5, 5.41) is 0. The molecule has 0 spiro atoms. The molecular weight excluding hydrogens is 418 g/mol. The summed E-state index contributed by atoms with van der Waals surface area (Å²) in [7, 11) is 0. The summed E-state index contributed by atoms with van der Waals surface area (Å²) in [5.74, 6) is -5.70. The first-order chi connectivity index (χ1) is 14.3. The SMILES string of the molecule is CCc1c(N)ccc(C(F)(c2ccc(N)c(CC)c2CC)C(F)(F)C(F)(F)F)c1CC. The van der Waals surface area contributed by atoms with Gasteiger partial charge in [-0.15, -0.1) is 0 Å². The molecule has 0 saturated carbocycles. The van der Waals surface area contributed by atoms with Gasteiger partial charge in [-0.05, 0) is 60.1 Å². The third kappa shape index (κ3) is 3.74. The van der Waals surface area contributed by atoms with E-state index in [2.05, 4.69) is 0 Å². The van der Waals surface area contributed by atoms with E-state index in [0.29, 0.717) is 11.1 Å². The lowest BCUT2D eigenvalue weighted by Gasteiger charge is -2.38. The third-order valence-corrected chi connectivity index (χ3v) is 5.88. The molecule has 0 atom stereocenters. The molecule has 0 aliphatic carbocycles. The van der Waals surface area contributed by atoms with E-state index >= 15 is 13.2 Å². The van der Waals surface area contributed by atoms with E-state index in [4.69, 9.17) is 11.5 Å². The van der Waals surface area contributed by atoms with E-state index in [0.717, 1.165) is 12.1 Å². The number of halogens is 6.